The number of nitro benzene ring substituents is 1. The summed E-state index contributed by atoms with van der Waals surface area (Å²) in [5.74, 6) is -0.145. The van der Waals surface area contributed by atoms with Crippen LogP contribution >= 0.6 is 0 Å². The summed E-state index contributed by atoms with van der Waals surface area (Å²) >= 11 is 0. The Morgan fingerprint density at radius 1 is 1.24 bits per heavy atom. The van der Waals surface area contributed by atoms with Crippen LogP contribution in [0.3, 0.4) is 0 Å². The lowest BCUT2D eigenvalue weighted by Crippen LogP contribution is -2.12. The maximum atomic E-state index is 13.1. The number of halogens is 1. The van der Waals surface area contributed by atoms with E-state index in [1.165, 1.54) is 6.07 Å². The summed E-state index contributed by atoms with van der Waals surface area (Å²) in [6, 6.07) is 10.5. The molecule has 0 aliphatic rings. The van der Waals surface area contributed by atoms with Gasteiger partial charge in [0.15, 0.2) is 0 Å². The van der Waals surface area contributed by atoms with Gasteiger partial charge in [0.05, 0.1) is 11.0 Å². The summed E-state index contributed by atoms with van der Waals surface area (Å²) in [6.45, 7) is 3.36. The highest BCUT2D eigenvalue weighted by Gasteiger charge is 2.17. The van der Waals surface area contributed by atoms with Gasteiger partial charge in [-0.25, -0.2) is 4.39 Å². The fraction of sp³-hybridized carbons (Fsp3) is 0.200. The van der Waals surface area contributed by atoms with Gasteiger partial charge in [-0.3, -0.25) is 10.1 Å². The second-order valence-corrected chi connectivity index (χ2v) is 4.36. The van der Waals surface area contributed by atoms with Gasteiger partial charge in [0, 0.05) is 12.1 Å². The van der Waals surface area contributed by atoms with Crippen molar-refractivity contribution in [3.05, 3.63) is 64.0 Å². The van der Waals surface area contributed by atoms with Crippen molar-refractivity contribution in [2.75, 3.05) is 6.54 Å². The van der Waals surface area contributed by atoms with Gasteiger partial charge in [0.2, 0.25) is 5.75 Å². The molecule has 0 bridgehead atoms. The largest absolute Gasteiger partial charge is 0.450 e. The molecule has 110 valence electrons. The molecular weight excluding hydrogens is 275 g/mol. The fourth-order valence-electron chi connectivity index (χ4n) is 1.85. The van der Waals surface area contributed by atoms with Gasteiger partial charge < -0.3 is 10.1 Å². The molecule has 1 N–H and O–H groups in total. The first-order valence-electron chi connectivity index (χ1n) is 6.52. The molecule has 2 rings (SSSR count). The van der Waals surface area contributed by atoms with Gasteiger partial charge in [0.25, 0.3) is 0 Å². The van der Waals surface area contributed by atoms with Gasteiger partial charge in [-0.2, -0.15) is 0 Å². The van der Waals surface area contributed by atoms with E-state index in [1.54, 1.807) is 12.1 Å². The number of hydrogen-bond acceptors (Lipinski definition) is 4. The van der Waals surface area contributed by atoms with Crippen LogP contribution in [-0.4, -0.2) is 11.5 Å². The van der Waals surface area contributed by atoms with E-state index in [0.29, 0.717) is 12.3 Å². The highest BCUT2D eigenvalue weighted by Crippen LogP contribution is 2.33. The Kier molecular flexibility index (Phi) is 4.84. The van der Waals surface area contributed by atoms with Gasteiger partial charge in [-0.15, -0.1) is 0 Å². The number of para-hydroxylation sites is 1. The molecule has 0 unspecified atom stereocenters. The molecule has 0 spiro atoms. The average Bonchev–Trinajstić information content (AvgIpc) is 2.48. The minimum absolute atomic E-state index is 0.0188. The van der Waals surface area contributed by atoms with Crippen LogP contribution in [0.1, 0.15) is 12.5 Å². The molecular formula is C15H15FN2O3. The first kappa shape index (κ1) is 14.9. The first-order valence-corrected chi connectivity index (χ1v) is 6.52. The van der Waals surface area contributed by atoms with Crippen molar-refractivity contribution in [2.24, 2.45) is 0 Å². The van der Waals surface area contributed by atoms with Crippen molar-refractivity contribution in [1.82, 2.24) is 5.32 Å². The predicted molar refractivity (Wildman–Crippen MR) is 77.0 cm³/mol. The van der Waals surface area contributed by atoms with Crippen molar-refractivity contribution in [2.45, 2.75) is 13.5 Å². The fourth-order valence-corrected chi connectivity index (χ4v) is 1.85. The monoisotopic (exact) mass is 290 g/mol. The lowest BCUT2D eigenvalue weighted by atomic mass is 10.2. The summed E-state index contributed by atoms with van der Waals surface area (Å²) in [5, 5.41) is 14.1. The summed E-state index contributed by atoms with van der Waals surface area (Å²) in [6.07, 6.45) is 0. The van der Waals surface area contributed by atoms with E-state index >= 15 is 0 Å². The Labute approximate surface area is 121 Å². The molecule has 0 fully saturated rings. The zero-order valence-electron chi connectivity index (χ0n) is 11.5. The Morgan fingerprint density at radius 2 is 2.00 bits per heavy atom. The molecule has 0 aromatic heterocycles. The molecule has 6 heteroatoms. The van der Waals surface area contributed by atoms with E-state index in [1.807, 2.05) is 19.1 Å². The van der Waals surface area contributed by atoms with E-state index in [4.69, 9.17) is 4.74 Å². The number of nitrogens with zero attached hydrogens (tertiary/aromatic N) is 1. The van der Waals surface area contributed by atoms with E-state index in [-0.39, 0.29) is 5.75 Å². The Balaban J connectivity index is 2.32. The summed E-state index contributed by atoms with van der Waals surface area (Å²) in [4.78, 5) is 10.3. The van der Waals surface area contributed by atoms with E-state index < -0.39 is 16.4 Å². The lowest BCUT2D eigenvalue weighted by Gasteiger charge is -2.11. The van der Waals surface area contributed by atoms with Crippen molar-refractivity contribution >= 4 is 5.69 Å². The highest BCUT2D eigenvalue weighted by atomic mass is 19.1. The second kappa shape index (κ2) is 6.81. The van der Waals surface area contributed by atoms with Crippen LogP contribution in [0.2, 0.25) is 0 Å². The average molecular weight is 290 g/mol. The highest BCUT2D eigenvalue weighted by molar-refractivity contribution is 5.49. The van der Waals surface area contributed by atoms with Crippen molar-refractivity contribution in [3.63, 3.8) is 0 Å². The third-order valence-corrected chi connectivity index (χ3v) is 2.88. The smallest absolute Gasteiger partial charge is 0.314 e. The lowest BCUT2D eigenvalue weighted by molar-refractivity contribution is -0.385. The van der Waals surface area contributed by atoms with E-state index in [9.17, 15) is 14.5 Å². The topological polar surface area (TPSA) is 64.4 Å². The summed E-state index contributed by atoms with van der Waals surface area (Å²) in [5.41, 5.74) is 0.478. The van der Waals surface area contributed by atoms with E-state index in [0.717, 1.165) is 24.2 Å². The van der Waals surface area contributed by atoms with Gasteiger partial charge in [-0.1, -0.05) is 25.1 Å². The molecule has 0 saturated heterocycles. The molecule has 21 heavy (non-hydrogen) atoms. The van der Waals surface area contributed by atoms with Crippen LogP contribution in [0.15, 0.2) is 42.5 Å². The second-order valence-electron chi connectivity index (χ2n) is 4.36. The molecule has 0 amide bonds. The zero-order chi connectivity index (χ0) is 15.2. The Hall–Kier alpha value is -2.47. The molecule has 0 saturated carbocycles. The van der Waals surface area contributed by atoms with Crippen molar-refractivity contribution in [1.29, 1.82) is 0 Å². The number of rotatable bonds is 6. The normalized spacial score (nSPS) is 10.4. The number of ether oxygens (including phenoxy) is 1. The van der Waals surface area contributed by atoms with Crippen LogP contribution in [-0.2, 0) is 6.54 Å². The molecule has 2 aromatic rings. The molecule has 0 atom stereocenters. The van der Waals surface area contributed by atoms with Gasteiger partial charge >= 0.3 is 5.69 Å². The SMILES string of the molecule is CCNCc1ccccc1Oc1ccc(F)cc1[N+](=O)[O-]. The van der Waals surface area contributed by atoms with Crippen LogP contribution in [0.4, 0.5) is 10.1 Å². The maximum Gasteiger partial charge on any atom is 0.314 e. The molecule has 5 nitrogen and oxygen atoms in total. The number of hydrogen-bond donors (Lipinski definition) is 1. The summed E-state index contributed by atoms with van der Waals surface area (Å²) < 4.78 is 18.7. The van der Waals surface area contributed by atoms with Crippen molar-refractivity contribution < 1.29 is 14.1 Å². The molecule has 0 heterocycles. The minimum atomic E-state index is -0.671. The summed E-state index contributed by atoms with van der Waals surface area (Å²) in [7, 11) is 0. The molecule has 0 aliphatic heterocycles. The molecule has 0 radical (unpaired) electrons. The zero-order valence-corrected chi connectivity index (χ0v) is 11.5. The van der Waals surface area contributed by atoms with Crippen LogP contribution in [0.5, 0.6) is 11.5 Å². The first-order chi connectivity index (χ1) is 10.1. The quantitative estimate of drug-likeness (QED) is 0.651. The molecule has 2 aromatic carbocycles. The van der Waals surface area contributed by atoms with Crippen LogP contribution in [0.25, 0.3) is 0 Å². The van der Waals surface area contributed by atoms with E-state index in [2.05, 4.69) is 5.32 Å². The maximum absolute atomic E-state index is 13.1. The number of nitro groups is 1. The van der Waals surface area contributed by atoms with Crippen LogP contribution < -0.4 is 10.1 Å². The predicted octanol–water partition coefficient (Wildman–Crippen LogP) is 3.64. The number of benzene rings is 2. The van der Waals surface area contributed by atoms with Crippen LogP contribution in [0, 0.1) is 15.9 Å². The van der Waals surface area contributed by atoms with Gasteiger partial charge in [0.1, 0.15) is 11.6 Å². The van der Waals surface area contributed by atoms with Crippen molar-refractivity contribution in [3.8, 4) is 11.5 Å². The third-order valence-electron chi connectivity index (χ3n) is 2.88. The molecule has 0 aliphatic carbocycles. The Morgan fingerprint density at radius 3 is 2.71 bits per heavy atom. The third kappa shape index (κ3) is 3.76. The Bertz CT molecular complexity index is 647. The van der Waals surface area contributed by atoms with Gasteiger partial charge in [-0.05, 0) is 24.7 Å². The minimum Gasteiger partial charge on any atom is -0.450 e. The standard InChI is InChI=1S/C15H15FN2O3/c1-2-17-10-11-5-3-4-6-14(11)21-15-8-7-12(16)9-13(15)18(19)20/h3-9,17H,2,10H2,1H3. The number of nitrogens with one attached hydrogen (secondary N) is 1.